The van der Waals surface area contributed by atoms with E-state index < -0.39 is 6.10 Å². The standard InChI is InChI=1S/C16H11NOS2/c18-16(15-8-14-13(20-15)5-7-19-14)11-3-1-2-10-4-6-17-9-12(10)11/h1-9,16,18H. The number of hydrogen-bond acceptors (Lipinski definition) is 4. The Morgan fingerprint density at radius 1 is 1.10 bits per heavy atom. The zero-order valence-corrected chi connectivity index (χ0v) is 12.1. The van der Waals surface area contributed by atoms with E-state index >= 15 is 0 Å². The summed E-state index contributed by atoms with van der Waals surface area (Å²) in [5.41, 5.74) is 0.921. The van der Waals surface area contributed by atoms with Gasteiger partial charge >= 0.3 is 0 Å². The summed E-state index contributed by atoms with van der Waals surface area (Å²) < 4.78 is 2.48. The molecule has 0 spiro atoms. The lowest BCUT2D eigenvalue weighted by atomic mass is 10.0. The van der Waals surface area contributed by atoms with Crippen LogP contribution in [0.3, 0.4) is 0 Å². The molecule has 3 heterocycles. The van der Waals surface area contributed by atoms with E-state index in [0.29, 0.717) is 0 Å². The Morgan fingerprint density at radius 2 is 2.05 bits per heavy atom. The van der Waals surface area contributed by atoms with Gasteiger partial charge in [-0.15, -0.1) is 22.7 Å². The molecule has 0 bridgehead atoms. The highest BCUT2D eigenvalue weighted by atomic mass is 32.1. The lowest BCUT2D eigenvalue weighted by molar-refractivity contribution is 0.226. The molecule has 4 aromatic rings. The van der Waals surface area contributed by atoms with Crippen LogP contribution in [-0.2, 0) is 0 Å². The highest BCUT2D eigenvalue weighted by Gasteiger charge is 2.16. The lowest BCUT2D eigenvalue weighted by Crippen LogP contribution is -1.98. The number of aliphatic hydroxyl groups excluding tert-OH is 1. The predicted octanol–water partition coefficient (Wildman–Crippen LogP) is 4.59. The lowest BCUT2D eigenvalue weighted by Gasteiger charge is -2.11. The first kappa shape index (κ1) is 12.0. The van der Waals surface area contributed by atoms with Crippen molar-refractivity contribution in [2.45, 2.75) is 6.10 Å². The predicted molar refractivity (Wildman–Crippen MR) is 85.5 cm³/mol. The Morgan fingerprint density at radius 3 is 2.95 bits per heavy atom. The van der Waals surface area contributed by atoms with E-state index in [2.05, 4.69) is 22.5 Å². The van der Waals surface area contributed by atoms with Gasteiger partial charge in [0, 0.05) is 32.1 Å². The van der Waals surface area contributed by atoms with Gasteiger partial charge in [0.1, 0.15) is 6.10 Å². The minimum atomic E-state index is -0.590. The smallest absolute Gasteiger partial charge is 0.114 e. The summed E-state index contributed by atoms with van der Waals surface area (Å²) >= 11 is 3.37. The largest absolute Gasteiger partial charge is 0.383 e. The fraction of sp³-hybridized carbons (Fsp3) is 0.0625. The van der Waals surface area contributed by atoms with Crippen LogP contribution in [0.15, 0.2) is 54.2 Å². The van der Waals surface area contributed by atoms with Crippen LogP contribution in [0.2, 0.25) is 0 Å². The first-order chi connectivity index (χ1) is 9.83. The van der Waals surface area contributed by atoms with E-state index in [1.165, 1.54) is 9.40 Å². The van der Waals surface area contributed by atoms with Gasteiger partial charge in [-0.25, -0.2) is 0 Å². The second kappa shape index (κ2) is 4.66. The second-order valence-corrected chi connectivity index (χ2v) is 6.71. The summed E-state index contributed by atoms with van der Waals surface area (Å²) in [5, 5.41) is 14.9. The minimum Gasteiger partial charge on any atom is -0.383 e. The van der Waals surface area contributed by atoms with Gasteiger partial charge in [0.2, 0.25) is 0 Å². The molecule has 4 rings (SSSR count). The summed E-state index contributed by atoms with van der Waals surface area (Å²) in [6.45, 7) is 0. The quantitative estimate of drug-likeness (QED) is 0.587. The number of benzene rings is 1. The van der Waals surface area contributed by atoms with Crippen molar-refractivity contribution in [2.75, 3.05) is 0 Å². The molecule has 1 atom stereocenters. The monoisotopic (exact) mass is 297 g/mol. The average molecular weight is 297 g/mol. The molecule has 1 unspecified atom stereocenters. The third-order valence-electron chi connectivity index (χ3n) is 3.44. The Hall–Kier alpha value is -1.75. The summed E-state index contributed by atoms with van der Waals surface area (Å²) in [5.74, 6) is 0. The molecule has 0 aliphatic heterocycles. The van der Waals surface area contributed by atoms with Crippen LogP contribution >= 0.6 is 22.7 Å². The Bertz CT molecular complexity index is 860. The van der Waals surface area contributed by atoms with E-state index in [4.69, 9.17) is 0 Å². The number of thiophene rings is 2. The summed E-state index contributed by atoms with van der Waals surface area (Å²) in [6.07, 6.45) is 3.01. The van der Waals surface area contributed by atoms with Crippen molar-refractivity contribution in [3.63, 3.8) is 0 Å². The third kappa shape index (κ3) is 1.85. The number of aromatic nitrogens is 1. The molecule has 0 fully saturated rings. The molecular formula is C16H11NOS2. The van der Waals surface area contributed by atoms with E-state index in [9.17, 15) is 5.11 Å². The molecule has 1 aromatic carbocycles. The highest BCUT2D eigenvalue weighted by molar-refractivity contribution is 7.26. The number of hydrogen-bond donors (Lipinski definition) is 1. The van der Waals surface area contributed by atoms with Crippen LogP contribution in [-0.4, -0.2) is 10.1 Å². The fourth-order valence-corrected chi connectivity index (χ4v) is 4.57. The molecule has 0 saturated heterocycles. The molecule has 0 aliphatic carbocycles. The van der Waals surface area contributed by atoms with E-state index in [-0.39, 0.29) is 0 Å². The molecule has 0 aliphatic rings. The number of fused-ring (bicyclic) bond motifs is 2. The fourth-order valence-electron chi connectivity index (χ4n) is 2.45. The zero-order valence-electron chi connectivity index (χ0n) is 10.5. The summed E-state index contributed by atoms with van der Waals surface area (Å²) in [7, 11) is 0. The zero-order chi connectivity index (χ0) is 13.5. The van der Waals surface area contributed by atoms with Gasteiger partial charge in [-0.05, 0) is 34.5 Å². The van der Waals surface area contributed by atoms with E-state index in [0.717, 1.165) is 21.2 Å². The van der Waals surface area contributed by atoms with Crippen LogP contribution in [0.1, 0.15) is 16.5 Å². The third-order valence-corrected chi connectivity index (χ3v) is 5.59. The first-order valence-corrected chi connectivity index (χ1v) is 8.00. The molecule has 0 amide bonds. The molecule has 1 N–H and O–H groups in total. The van der Waals surface area contributed by atoms with Gasteiger partial charge in [-0.1, -0.05) is 18.2 Å². The van der Waals surface area contributed by atoms with Gasteiger partial charge in [0.05, 0.1) is 0 Å². The Kier molecular flexibility index (Phi) is 2.80. The molecule has 0 radical (unpaired) electrons. The topological polar surface area (TPSA) is 33.1 Å². The summed E-state index contributed by atoms with van der Waals surface area (Å²) in [4.78, 5) is 5.17. The normalized spacial score (nSPS) is 13.1. The van der Waals surface area contributed by atoms with Gasteiger partial charge in [-0.2, -0.15) is 0 Å². The van der Waals surface area contributed by atoms with E-state index in [1.54, 1.807) is 28.9 Å². The minimum absolute atomic E-state index is 0.590. The van der Waals surface area contributed by atoms with Crippen LogP contribution in [0.4, 0.5) is 0 Å². The van der Waals surface area contributed by atoms with Crippen molar-refractivity contribution in [1.29, 1.82) is 0 Å². The van der Waals surface area contributed by atoms with Crippen molar-refractivity contribution >= 4 is 42.8 Å². The van der Waals surface area contributed by atoms with Crippen LogP contribution < -0.4 is 0 Å². The van der Waals surface area contributed by atoms with Gasteiger partial charge in [0.25, 0.3) is 0 Å². The van der Waals surface area contributed by atoms with Crippen LogP contribution in [0.5, 0.6) is 0 Å². The average Bonchev–Trinajstić information content (AvgIpc) is 3.07. The maximum Gasteiger partial charge on any atom is 0.114 e. The van der Waals surface area contributed by atoms with Crippen molar-refractivity contribution in [1.82, 2.24) is 4.98 Å². The maximum atomic E-state index is 10.7. The van der Waals surface area contributed by atoms with Gasteiger partial charge in [0.15, 0.2) is 0 Å². The SMILES string of the molecule is OC(c1cc2sccc2s1)c1cccc2ccncc12. The number of pyridine rings is 1. The molecular weight excluding hydrogens is 286 g/mol. The molecule has 0 saturated carbocycles. The summed E-state index contributed by atoms with van der Waals surface area (Å²) in [6, 6.07) is 12.2. The first-order valence-electron chi connectivity index (χ1n) is 6.30. The van der Waals surface area contributed by atoms with Crippen molar-refractivity contribution in [3.05, 3.63) is 64.6 Å². The van der Waals surface area contributed by atoms with Crippen molar-refractivity contribution in [3.8, 4) is 0 Å². The maximum absolute atomic E-state index is 10.7. The van der Waals surface area contributed by atoms with Gasteiger partial charge in [-0.3, -0.25) is 4.98 Å². The van der Waals surface area contributed by atoms with Crippen molar-refractivity contribution < 1.29 is 5.11 Å². The molecule has 20 heavy (non-hydrogen) atoms. The highest BCUT2D eigenvalue weighted by Crippen LogP contribution is 2.37. The molecule has 4 heteroatoms. The van der Waals surface area contributed by atoms with E-state index in [1.807, 2.05) is 30.5 Å². The van der Waals surface area contributed by atoms with Gasteiger partial charge < -0.3 is 5.11 Å². The number of aliphatic hydroxyl groups is 1. The Labute approximate surface area is 124 Å². The second-order valence-electron chi connectivity index (χ2n) is 4.64. The molecule has 98 valence electrons. The molecule has 3 aromatic heterocycles. The molecule has 2 nitrogen and oxygen atoms in total. The number of rotatable bonds is 2. The number of nitrogens with zero attached hydrogens (tertiary/aromatic N) is 1. The van der Waals surface area contributed by atoms with Crippen LogP contribution in [0.25, 0.3) is 20.2 Å². The Balaban J connectivity index is 1.87. The van der Waals surface area contributed by atoms with Crippen LogP contribution in [0, 0.1) is 0 Å². The van der Waals surface area contributed by atoms with Crippen molar-refractivity contribution in [2.24, 2.45) is 0 Å².